The number of hydrogen-bond acceptors (Lipinski definition) is 3. The van der Waals surface area contributed by atoms with Gasteiger partial charge < -0.3 is 20.5 Å². The number of thiocarbonyl (C=S) groups is 1. The fourth-order valence-electron chi connectivity index (χ4n) is 3.02. The van der Waals surface area contributed by atoms with E-state index >= 15 is 0 Å². The van der Waals surface area contributed by atoms with E-state index in [9.17, 15) is 0 Å². The predicted octanol–water partition coefficient (Wildman–Crippen LogP) is 6.29. The maximum atomic E-state index is 6.03. The molecular weight excluding hydrogens is 416 g/mol. The molecule has 4 nitrogen and oxygen atoms in total. The van der Waals surface area contributed by atoms with Crippen molar-refractivity contribution in [3.63, 3.8) is 0 Å². The van der Waals surface area contributed by atoms with Crippen molar-refractivity contribution in [3.8, 4) is 22.6 Å². The molecule has 0 aliphatic rings. The highest BCUT2D eigenvalue weighted by molar-refractivity contribution is 7.80. The van der Waals surface area contributed by atoms with Crippen LogP contribution >= 0.6 is 23.8 Å². The van der Waals surface area contributed by atoms with Crippen LogP contribution in [-0.2, 0) is 0 Å². The lowest BCUT2D eigenvalue weighted by Gasteiger charge is -2.12. The molecule has 0 amide bonds. The van der Waals surface area contributed by atoms with Gasteiger partial charge in [0.05, 0.1) is 13.2 Å². The molecule has 3 rings (SSSR count). The molecule has 0 fully saturated rings. The summed E-state index contributed by atoms with van der Waals surface area (Å²) in [4.78, 5) is 0. The van der Waals surface area contributed by atoms with Crippen LogP contribution in [0.25, 0.3) is 11.1 Å². The molecule has 30 heavy (non-hydrogen) atoms. The lowest BCUT2D eigenvalue weighted by atomic mass is 10.0. The van der Waals surface area contributed by atoms with Crippen LogP contribution in [0.1, 0.15) is 19.3 Å². The summed E-state index contributed by atoms with van der Waals surface area (Å²) < 4.78 is 11.8. The van der Waals surface area contributed by atoms with Crippen LogP contribution in [0.3, 0.4) is 0 Å². The lowest BCUT2D eigenvalue weighted by Crippen LogP contribution is -2.18. The van der Waals surface area contributed by atoms with E-state index in [1.807, 2.05) is 66.7 Å². The maximum absolute atomic E-state index is 6.03. The van der Waals surface area contributed by atoms with E-state index in [2.05, 4.69) is 11.4 Å². The third-order valence-corrected chi connectivity index (χ3v) is 4.81. The standard InChI is InChI=1S/C24H25ClN2O2S/c25-19-13-11-18(12-14-19)22-9-2-3-10-23(22)29-16-5-1-4-15-28-21-8-6-7-20(17-21)27-24(26)30/h2-3,6-14,17H,1,4-5,15-16H2,(H3,26,27,30). The summed E-state index contributed by atoms with van der Waals surface area (Å²) in [6, 6.07) is 23.5. The monoisotopic (exact) mass is 440 g/mol. The Balaban J connectivity index is 1.39. The van der Waals surface area contributed by atoms with Gasteiger partial charge >= 0.3 is 0 Å². The second-order valence-electron chi connectivity index (χ2n) is 6.78. The Morgan fingerprint density at radius 1 is 0.867 bits per heavy atom. The summed E-state index contributed by atoms with van der Waals surface area (Å²) in [7, 11) is 0. The molecule has 3 aromatic rings. The van der Waals surface area contributed by atoms with Crippen LogP contribution in [0.4, 0.5) is 5.69 Å². The van der Waals surface area contributed by atoms with Crippen molar-refractivity contribution in [2.45, 2.75) is 19.3 Å². The van der Waals surface area contributed by atoms with E-state index in [1.54, 1.807) is 0 Å². The highest BCUT2D eigenvalue weighted by Crippen LogP contribution is 2.30. The summed E-state index contributed by atoms with van der Waals surface area (Å²) in [6.07, 6.45) is 2.93. The summed E-state index contributed by atoms with van der Waals surface area (Å²) in [5.41, 5.74) is 8.49. The third kappa shape index (κ3) is 6.94. The molecule has 0 aliphatic heterocycles. The number of rotatable bonds is 10. The summed E-state index contributed by atoms with van der Waals surface area (Å²) >= 11 is 10.8. The molecule has 0 saturated carbocycles. The van der Waals surface area contributed by atoms with Crippen LogP contribution in [0.5, 0.6) is 11.5 Å². The van der Waals surface area contributed by atoms with Crippen molar-refractivity contribution in [3.05, 3.63) is 77.8 Å². The molecule has 0 aromatic heterocycles. The van der Waals surface area contributed by atoms with Gasteiger partial charge in [0.25, 0.3) is 0 Å². The minimum atomic E-state index is 0.241. The number of benzene rings is 3. The topological polar surface area (TPSA) is 56.5 Å². The number of para-hydroxylation sites is 1. The average molecular weight is 441 g/mol. The van der Waals surface area contributed by atoms with E-state index in [0.717, 1.165) is 52.6 Å². The van der Waals surface area contributed by atoms with Crippen molar-refractivity contribution in [2.24, 2.45) is 5.73 Å². The van der Waals surface area contributed by atoms with Gasteiger partial charge in [0.1, 0.15) is 11.5 Å². The number of nitrogens with two attached hydrogens (primary N) is 1. The minimum Gasteiger partial charge on any atom is -0.494 e. The molecule has 6 heteroatoms. The SMILES string of the molecule is NC(=S)Nc1cccc(OCCCCCOc2ccccc2-c2ccc(Cl)cc2)c1. The molecule has 0 radical (unpaired) electrons. The number of anilines is 1. The second kappa shape index (κ2) is 11.4. The van der Waals surface area contributed by atoms with E-state index < -0.39 is 0 Å². The zero-order chi connectivity index (χ0) is 21.2. The predicted molar refractivity (Wildman–Crippen MR) is 129 cm³/mol. The first kappa shape index (κ1) is 21.9. The molecule has 0 aliphatic carbocycles. The van der Waals surface area contributed by atoms with Crippen molar-refractivity contribution in [1.82, 2.24) is 0 Å². The Kier molecular flexibility index (Phi) is 8.36. The molecule has 0 spiro atoms. The Labute approximate surface area is 188 Å². The normalized spacial score (nSPS) is 10.4. The Hall–Kier alpha value is -2.76. The molecular formula is C24H25ClN2O2S. The first-order valence-electron chi connectivity index (χ1n) is 9.89. The van der Waals surface area contributed by atoms with Crippen molar-refractivity contribution in [2.75, 3.05) is 18.5 Å². The number of nitrogens with one attached hydrogen (secondary N) is 1. The zero-order valence-electron chi connectivity index (χ0n) is 16.6. The molecule has 0 unspecified atom stereocenters. The molecule has 0 bridgehead atoms. The quantitative estimate of drug-likeness (QED) is 0.286. The van der Waals surface area contributed by atoms with E-state index in [1.165, 1.54) is 0 Å². The lowest BCUT2D eigenvalue weighted by molar-refractivity contribution is 0.280. The first-order chi connectivity index (χ1) is 14.6. The van der Waals surface area contributed by atoms with Gasteiger partial charge in [-0.25, -0.2) is 0 Å². The second-order valence-corrected chi connectivity index (χ2v) is 7.65. The van der Waals surface area contributed by atoms with Crippen molar-refractivity contribution >= 4 is 34.6 Å². The van der Waals surface area contributed by atoms with Crippen LogP contribution < -0.4 is 20.5 Å². The minimum absolute atomic E-state index is 0.241. The van der Waals surface area contributed by atoms with Gasteiger partial charge in [-0.1, -0.05) is 48.0 Å². The highest BCUT2D eigenvalue weighted by Gasteiger charge is 2.06. The van der Waals surface area contributed by atoms with Gasteiger partial charge in [-0.05, 0) is 67.4 Å². The van der Waals surface area contributed by atoms with Gasteiger partial charge in [0.15, 0.2) is 5.11 Å². The summed E-state index contributed by atoms with van der Waals surface area (Å²) in [6.45, 7) is 1.32. The maximum Gasteiger partial charge on any atom is 0.168 e. The molecule has 0 saturated heterocycles. The van der Waals surface area contributed by atoms with Gasteiger partial charge in [-0.3, -0.25) is 0 Å². The van der Waals surface area contributed by atoms with Crippen LogP contribution in [0, 0.1) is 0 Å². The molecule has 0 heterocycles. The van der Waals surface area contributed by atoms with Crippen molar-refractivity contribution < 1.29 is 9.47 Å². The molecule has 156 valence electrons. The van der Waals surface area contributed by atoms with E-state index in [-0.39, 0.29) is 5.11 Å². The fourth-order valence-corrected chi connectivity index (χ4v) is 3.26. The van der Waals surface area contributed by atoms with Gasteiger partial charge in [-0.15, -0.1) is 0 Å². The smallest absolute Gasteiger partial charge is 0.168 e. The third-order valence-electron chi connectivity index (χ3n) is 4.46. The first-order valence-corrected chi connectivity index (χ1v) is 10.7. The summed E-state index contributed by atoms with van der Waals surface area (Å²) in [5, 5.41) is 3.87. The summed E-state index contributed by atoms with van der Waals surface area (Å²) in [5.74, 6) is 1.68. The fraction of sp³-hybridized carbons (Fsp3) is 0.208. The Morgan fingerprint density at radius 3 is 2.37 bits per heavy atom. The average Bonchev–Trinajstić information content (AvgIpc) is 2.74. The molecule has 0 atom stereocenters. The van der Waals surface area contributed by atoms with Gasteiger partial charge in [-0.2, -0.15) is 0 Å². The Bertz CT molecular complexity index is 963. The van der Waals surface area contributed by atoms with Gasteiger partial charge in [0.2, 0.25) is 0 Å². The number of unbranched alkanes of at least 4 members (excludes halogenated alkanes) is 2. The molecule has 3 N–H and O–H groups in total. The van der Waals surface area contributed by atoms with Crippen LogP contribution in [0.15, 0.2) is 72.8 Å². The number of hydrogen-bond donors (Lipinski definition) is 2. The molecule has 3 aromatic carbocycles. The zero-order valence-corrected chi connectivity index (χ0v) is 18.2. The number of halogens is 1. The highest BCUT2D eigenvalue weighted by atomic mass is 35.5. The van der Waals surface area contributed by atoms with E-state index in [4.69, 9.17) is 39.0 Å². The van der Waals surface area contributed by atoms with Crippen LogP contribution in [-0.4, -0.2) is 18.3 Å². The van der Waals surface area contributed by atoms with E-state index in [0.29, 0.717) is 13.2 Å². The largest absolute Gasteiger partial charge is 0.494 e. The number of ether oxygens (including phenoxy) is 2. The van der Waals surface area contributed by atoms with Gasteiger partial charge in [0, 0.05) is 22.3 Å². The Morgan fingerprint density at radius 2 is 1.60 bits per heavy atom. The van der Waals surface area contributed by atoms with Crippen molar-refractivity contribution in [1.29, 1.82) is 0 Å². The van der Waals surface area contributed by atoms with Crippen LogP contribution in [0.2, 0.25) is 5.02 Å².